The van der Waals surface area contributed by atoms with Gasteiger partial charge in [-0.25, -0.2) is 4.79 Å². The Kier molecular flexibility index (Phi) is 3.75. The van der Waals surface area contributed by atoms with Crippen LogP contribution in [0, 0.1) is 6.92 Å². The zero-order valence-corrected chi connectivity index (χ0v) is 16.7. The summed E-state index contributed by atoms with van der Waals surface area (Å²) in [5.41, 5.74) is 4.63. The van der Waals surface area contributed by atoms with Crippen LogP contribution in [0.5, 0.6) is 0 Å². The van der Waals surface area contributed by atoms with Gasteiger partial charge in [0.05, 0.1) is 12.0 Å². The van der Waals surface area contributed by atoms with Crippen molar-refractivity contribution in [3.63, 3.8) is 0 Å². The van der Waals surface area contributed by atoms with Crippen LogP contribution >= 0.6 is 0 Å². The zero-order valence-electron chi connectivity index (χ0n) is 16.7. The molecule has 5 heteroatoms. The number of carboxylic acids is 1. The highest BCUT2D eigenvalue weighted by atomic mass is 16.4. The molecule has 3 heterocycles. The molecule has 0 saturated carbocycles. The van der Waals surface area contributed by atoms with Gasteiger partial charge in [0.25, 0.3) is 0 Å². The van der Waals surface area contributed by atoms with E-state index in [0.29, 0.717) is 5.58 Å². The number of carbonyl (C=O) groups is 1. The van der Waals surface area contributed by atoms with Crippen molar-refractivity contribution in [1.29, 1.82) is 0 Å². The molecule has 0 amide bonds. The Morgan fingerprint density at radius 1 is 1.19 bits per heavy atom. The van der Waals surface area contributed by atoms with Crippen molar-refractivity contribution in [2.45, 2.75) is 64.7 Å². The zero-order chi connectivity index (χ0) is 19.7. The van der Waals surface area contributed by atoms with Gasteiger partial charge in [-0.1, -0.05) is 27.7 Å². The third-order valence-corrected chi connectivity index (χ3v) is 6.61. The van der Waals surface area contributed by atoms with Crippen LogP contribution in [-0.4, -0.2) is 24.2 Å². The van der Waals surface area contributed by atoms with E-state index in [2.05, 4.69) is 38.7 Å². The maximum atomic E-state index is 12.6. The van der Waals surface area contributed by atoms with E-state index in [-0.39, 0.29) is 22.8 Å². The van der Waals surface area contributed by atoms with Crippen molar-refractivity contribution >= 4 is 22.6 Å². The average Bonchev–Trinajstić information content (AvgIpc) is 2.56. The average molecular weight is 369 g/mol. The highest BCUT2D eigenvalue weighted by Crippen LogP contribution is 2.51. The van der Waals surface area contributed by atoms with Gasteiger partial charge in [-0.2, -0.15) is 0 Å². The first-order valence-electron chi connectivity index (χ1n) is 9.64. The van der Waals surface area contributed by atoms with Crippen molar-refractivity contribution in [3.05, 3.63) is 38.7 Å². The lowest BCUT2D eigenvalue weighted by Gasteiger charge is -2.48. The second-order valence-corrected chi connectivity index (χ2v) is 9.34. The minimum atomic E-state index is -1.02. The number of aryl methyl sites for hydroxylation is 1. The van der Waals surface area contributed by atoms with Crippen LogP contribution in [-0.2, 0) is 22.0 Å². The molecular weight excluding hydrogens is 342 g/mol. The van der Waals surface area contributed by atoms with Gasteiger partial charge in [0, 0.05) is 29.7 Å². The van der Waals surface area contributed by atoms with Crippen molar-refractivity contribution in [3.8, 4) is 0 Å². The highest BCUT2D eigenvalue weighted by molar-refractivity contribution is 5.93. The molecule has 144 valence electrons. The molecule has 5 nitrogen and oxygen atoms in total. The number of nitrogens with zero attached hydrogens (tertiary/aromatic N) is 1. The Bertz CT molecular complexity index is 1030. The molecule has 0 fully saturated rings. The molecule has 1 aromatic carbocycles. The highest BCUT2D eigenvalue weighted by Gasteiger charge is 2.42. The lowest BCUT2D eigenvalue weighted by atomic mass is 9.69. The normalized spacial score (nSPS) is 19.8. The third kappa shape index (κ3) is 2.59. The molecule has 0 bridgehead atoms. The summed E-state index contributed by atoms with van der Waals surface area (Å²) in [6.45, 7) is 12.8. The summed E-state index contributed by atoms with van der Waals surface area (Å²) in [6.07, 6.45) is 1.76. The summed E-state index contributed by atoms with van der Waals surface area (Å²) in [5.74, 6) is -1.02. The number of hydrogen-bond donors (Lipinski definition) is 1. The lowest BCUT2D eigenvalue weighted by molar-refractivity contribution is -0.136. The monoisotopic (exact) mass is 369 g/mol. The van der Waals surface area contributed by atoms with Gasteiger partial charge in [0.1, 0.15) is 5.58 Å². The molecule has 0 saturated heterocycles. The molecule has 0 spiro atoms. The smallest absolute Gasteiger partial charge is 0.340 e. The fourth-order valence-corrected chi connectivity index (χ4v) is 4.76. The van der Waals surface area contributed by atoms with Gasteiger partial charge in [0.2, 0.25) is 0 Å². The first-order valence-corrected chi connectivity index (χ1v) is 9.64. The van der Waals surface area contributed by atoms with Crippen LogP contribution in [0.2, 0.25) is 0 Å². The van der Waals surface area contributed by atoms with Gasteiger partial charge < -0.3 is 14.4 Å². The van der Waals surface area contributed by atoms with E-state index in [1.54, 1.807) is 0 Å². The molecule has 0 radical (unpaired) electrons. The Morgan fingerprint density at radius 2 is 1.81 bits per heavy atom. The number of rotatable bonds is 2. The Balaban J connectivity index is 2.16. The van der Waals surface area contributed by atoms with Crippen molar-refractivity contribution in [1.82, 2.24) is 0 Å². The van der Waals surface area contributed by atoms with E-state index in [0.717, 1.165) is 42.4 Å². The van der Waals surface area contributed by atoms with E-state index in [1.165, 1.54) is 11.3 Å². The topological polar surface area (TPSA) is 70.7 Å². The second-order valence-electron chi connectivity index (χ2n) is 9.34. The van der Waals surface area contributed by atoms with Crippen molar-refractivity contribution in [2.24, 2.45) is 0 Å². The van der Waals surface area contributed by atoms with E-state index < -0.39 is 11.6 Å². The van der Waals surface area contributed by atoms with E-state index in [9.17, 15) is 14.7 Å². The minimum absolute atomic E-state index is 0.0255. The van der Waals surface area contributed by atoms with Crippen LogP contribution in [0.3, 0.4) is 0 Å². The fourth-order valence-electron chi connectivity index (χ4n) is 4.76. The summed E-state index contributed by atoms with van der Waals surface area (Å²) in [4.78, 5) is 26.3. The second kappa shape index (κ2) is 5.60. The predicted octanol–water partition coefficient (Wildman–Crippen LogP) is 3.90. The van der Waals surface area contributed by atoms with Crippen LogP contribution in [0.15, 0.2) is 15.3 Å². The standard InChI is InChI=1S/C22H27NO4/c1-12-13-10-15-18-17(19(13)27-20(26)14(12)11-16(24)25)22(4,5)7-9-23(18)8-6-21(15,2)3/h10H,6-9,11H2,1-5H3,(H,24,25). The van der Waals surface area contributed by atoms with Gasteiger partial charge in [-0.05, 0) is 47.8 Å². The summed E-state index contributed by atoms with van der Waals surface area (Å²) >= 11 is 0. The van der Waals surface area contributed by atoms with Gasteiger partial charge in [-0.3, -0.25) is 4.79 Å². The number of anilines is 1. The summed E-state index contributed by atoms with van der Waals surface area (Å²) in [6, 6.07) is 2.14. The first kappa shape index (κ1) is 18.1. The van der Waals surface area contributed by atoms with Crippen LogP contribution in [0.25, 0.3) is 11.0 Å². The van der Waals surface area contributed by atoms with E-state index in [1.807, 2.05) is 6.92 Å². The molecule has 0 atom stereocenters. The molecule has 1 N–H and O–H groups in total. The van der Waals surface area contributed by atoms with Crippen LogP contribution in [0.1, 0.15) is 62.8 Å². The SMILES string of the molecule is Cc1c(CC(=O)O)c(=O)oc2c3c4c(cc12)C(C)(C)CCN4CCC3(C)C. The lowest BCUT2D eigenvalue weighted by Crippen LogP contribution is -2.44. The molecule has 2 aliphatic rings. The summed E-state index contributed by atoms with van der Waals surface area (Å²) < 4.78 is 5.80. The molecule has 2 aromatic rings. The number of carboxylic acid groups (broad SMARTS) is 1. The number of fused-ring (bicyclic) bond motifs is 2. The third-order valence-electron chi connectivity index (χ3n) is 6.61. The van der Waals surface area contributed by atoms with E-state index in [4.69, 9.17) is 4.42 Å². The maximum Gasteiger partial charge on any atom is 0.340 e. The van der Waals surface area contributed by atoms with Gasteiger partial charge in [0.15, 0.2) is 0 Å². The Labute approximate surface area is 159 Å². The Morgan fingerprint density at radius 3 is 2.44 bits per heavy atom. The first-order chi connectivity index (χ1) is 12.5. The molecule has 2 aliphatic heterocycles. The predicted molar refractivity (Wildman–Crippen MR) is 106 cm³/mol. The molecule has 4 rings (SSSR count). The number of hydrogen-bond acceptors (Lipinski definition) is 4. The van der Waals surface area contributed by atoms with Gasteiger partial charge in [-0.15, -0.1) is 0 Å². The minimum Gasteiger partial charge on any atom is -0.481 e. The summed E-state index contributed by atoms with van der Waals surface area (Å²) in [7, 11) is 0. The molecule has 1 aromatic heterocycles. The maximum absolute atomic E-state index is 12.6. The fraction of sp³-hybridized carbons (Fsp3) is 0.545. The van der Waals surface area contributed by atoms with Crippen molar-refractivity contribution < 1.29 is 14.3 Å². The molecule has 0 unspecified atom stereocenters. The van der Waals surface area contributed by atoms with Crippen LogP contribution < -0.4 is 10.5 Å². The number of benzene rings is 1. The Hall–Kier alpha value is -2.30. The van der Waals surface area contributed by atoms with Gasteiger partial charge >= 0.3 is 11.6 Å². The van der Waals surface area contributed by atoms with Crippen molar-refractivity contribution in [2.75, 3.05) is 18.0 Å². The van der Waals surface area contributed by atoms with E-state index >= 15 is 0 Å². The molecule has 27 heavy (non-hydrogen) atoms. The largest absolute Gasteiger partial charge is 0.481 e. The number of aliphatic carboxylic acids is 1. The quantitative estimate of drug-likeness (QED) is 0.813. The summed E-state index contributed by atoms with van der Waals surface area (Å²) in [5, 5.41) is 10.1. The van der Waals surface area contributed by atoms with Crippen LogP contribution in [0.4, 0.5) is 5.69 Å². The molecule has 0 aliphatic carbocycles. The molecular formula is C22H27NO4.